The Morgan fingerprint density at radius 2 is 1.96 bits per heavy atom. The summed E-state index contributed by atoms with van der Waals surface area (Å²) in [4.78, 5) is 2.58. The van der Waals surface area contributed by atoms with Crippen LogP contribution in [0.3, 0.4) is 0 Å². The average Bonchev–Trinajstić information content (AvgIpc) is 3.22. The van der Waals surface area contributed by atoms with Gasteiger partial charge in [-0.2, -0.15) is 11.8 Å². The highest BCUT2D eigenvalue weighted by atomic mass is 32.2. The molecule has 5 rings (SSSR count). The van der Waals surface area contributed by atoms with Gasteiger partial charge in [0.15, 0.2) is 5.79 Å². The lowest BCUT2D eigenvalue weighted by atomic mass is 9.63. The Balaban J connectivity index is 1.15. The summed E-state index contributed by atoms with van der Waals surface area (Å²) >= 11 is 2.04. The molecule has 5 fully saturated rings. The fourth-order valence-corrected chi connectivity index (χ4v) is 6.60. The highest BCUT2D eigenvalue weighted by Crippen LogP contribution is 2.58. The summed E-state index contributed by atoms with van der Waals surface area (Å²) in [6.45, 7) is 6.48. The van der Waals surface area contributed by atoms with Crippen molar-refractivity contribution >= 4 is 11.8 Å². The van der Waals surface area contributed by atoms with Crippen LogP contribution in [0.15, 0.2) is 0 Å². The molecule has 0 N–H and O–H groups in total. The zero-order valence-electron chi connectivity index (χ0n) is 13.8. The third-order valence-electron chi connectivity index (χ3n) is 6.24. The van der Waals surface area contributed by atoms with Crippen LogP contribution < -0.4 is 0 Å². The van der Waals surface area contributed by atoms with Gasteiger partial charge in [0.1, 0.15) is 0 Å². The van der Waals surface area contributed by atoms with E-state index in [1.807, 2.05) is 11.8 Å². The summed E-state index contributed by atoms with van der Waals surface area (Å²) in [5.74, 6) is 2.16. The van der Waals surface area contributed by atoms with Crippen molar-refractivity contribution in [3.05, 3.63) is 0 Å². The van der Waals surface area contributed by atoms with E-state index in [1.54, 1.807) is 0 Å². The van der Waals surface area contributed by atoms with E-state index in [4.69, 9.17) is 18.9 Å². The van der Waals surface area contributed by atoms with E-state index < -0.39 is 0 Å². The summed E-state index contributed by atoms with van der Waals surface area (Å²) in [5, 5.41) is 0. The van der Waals surface area contributed by atoms with Crippen molar-refractivity contribution in [3.63, 3.8) is 0 Å². The van der Waals surface area contributed by atoms with Gasteiger partial charge in [0.2, 0.25) is 0 Å². The van der Waals surface area contributed by atoms with Crippen molar-refractivity contribution in [2.75, 3.05) is 57.6 Å². The monoisotopic (exact) mass is 341 g/mol. The molecule has 5 nitrogen and oxygen atoms in total. The second-order valence-electron chi connectivity index (χ2n) is 8.17. The van der Waals surface area contributed by atoms with Gasteiger partial charge in [-0.25, -0.2) is 0 Å². The summed E-state index contributed by atoms with van der Waals surface area (Å²) in [6.07, 6.45) is 4.81. The van der Waals surface area contributed by atoms with Crippen molar-refractivity contribution in [3.8, 4) is 0 Å². The van der Waals surface area contributed by atoms with Gasteiger partial charge in [0, 0.05) is 43.6 Å². The number of morpholine rings is 1. The molecule has 0 radical (unpaired) electrons. The van der Waals surface area contributed by atoms with E-state index in [2.05, 4.69) is 4.90 Å². The van der Waals surface area contributed by atoms with E-state index in [9.17, 15) is 0 Å². The van der Waals surface area contributed by atoms with Gasteiger partial charge in [0.05, 0.1) is 38.1 Å². The molecule has 4 aliphatic heterocycles. The lowest BCUT2D eigenvalue weighted by Gasteiger charge is -2.50. The van der Waals surface area contributed by atoms with Gasteiger partial charge >= 0.3 is 0 Å². The van der Waals surface area contributed by atoms with Crippen LogP contribution in [0, 0.1) is 5.41 Å². The molecule has 3 spiro atoms. The molecule has 0 aromatic rings. The van der Waals surface area contributed by atoms with E-state index in [0.717, 1.165) is 64.7 Å². The Labute approximate surface area is 142 Å². The molecule has 0 bridgehead atoms. The van der Waals surface area contributed by atoms with Crippen LogP contribution in [0.5, 0.6) is 0 Å². The Bertz CT molecular complexity index is 454. The SMILES string of the molecule is C1CN(CC2CC3(CO2)CC2(C3)OCCO2)CC2(CCSC2)O1. The first kappa shape index (κ1) is 15.4. The standard InChI is InChI=1S/C17H27NO4S/c1-6-23-13-16(1)11-18(2-3-20-16)8-14-7-15(12-19-14)9-17(10-15)21-4-5-22-17/h14H,1-13H2. The van der Waals surface area contributed by atoms with E-state index in [1.165, 1.54) is 18.6 Å². The van der Waals surface area contributed by atoms with Crippen LogP contribution in [-0.4, -0.2) is 80.0 Å². The summed E-state index contributed by atoms with van der Waals surface area (Å²) in [5.41, 5.74) is 0.452. The quantitative estimate of drug-likeness (QED) is 0.758. The van der Waals surface area contributed by atoms with Crippen molar-refractivity contribution in [1.82, 2.24) is 4.90 Å². The van der Waals surface area contributed by atoms with Gasteiger partial charge in [-0.1, -0.05) is 0 Å². The number of thioether (sulfide) groups is 1. The molecular formula is C17H27NO4S. The van der Waals surface area contributed by atoms with Crippen molar-refractivity contribution in [2.45, 2.75) is 43.2 Å². The Hall–Kier alpha value is 0.150. The lowest BCUT2D eigenvalue weighted by Crippen LogP contribution is -2.54. The molecule has 2 unspecified atom stereocenters. The molecule has 0 aromatic carbocycles. The highest BCUT2D eigenvalue weighted by molar-refractivity contribution is 7.99. The third-order valence-corrected chi connectivity index (χ3v) is 7.47. The summed E-state index contributed by atoms with van der Waals surface area (Å²) in [7, 11) is 0. The first-order chi connectivity index (χ1) is 11.2. The first-order valence-electron chi connectivity index (χ1n) is 9.03. The number of hydrogen-bond acceptors (Lipinski definition) is 6. The molecule has 1 saturated carbocycles. The molecular weight excluding hydrogens is 314 g/mol. The molecule has 2 atom stereocenters. The minimum Gasteiger partial charge on any atom is -0.376 e. The van der Waals surface area contributed by atoms with Crippen LogP contribution in [0.25, 0.3) is 0 Å². The van der Waals surface area contributed by atoms with E-state index >= 15 is 0 Å². The predicted octanol–water partition coefficient (Wildman–Crippen LogP) is 1.51. The normalized spacial score (nSPS) is 42.0. The van der Waals surface area contributed by atoms with Crippen molar-refractivity contribution < 1.29 is 18.9 Å². The molecule has 4 heterocycles. The minimum atomic E-state index is -0.248. The average molecular weight is 341 g/mol. The maximum Gasteiger partial charge on any atom is 0.169 e. The van der Waals surface area contributed by atoms with Crippen LogP contribution in [0.2, 0.25) is 0 Å². The lowest BCUT2D eigenvalue weighted by molar-refractivity contribution is -0.260. The molecule has 5 aliphatic rings. The zero-order chi connectivity index (χ0) is 15.4. The van der Waals surface area contributed by atoms with Gasteiger partial charge < -0.3 is 18.9 Å². The predicted molar refractivity (Wildman–Crippen MR) is 87.7 cm³/mol. The van der Waals surface area contributed by atoms with Crippen LogP contribution in [-0.2, 0) is 18.9 Å². The van der Waals surface area contributed by atoms with Crippen molar-refractivity contribution in [2.24, 2.45) is 5.41 Å². The minimum absolute atomic E-state index is 0.130. The Morgan fingerprint density at radius 1 is 1.09 bits per heavy atom. The molecule has 4 saturated heterocycles. The molecule has 1 aliphatic carbocycles. The fourth-order valence-electron chi connectivity index (χ4n) is 5.25. The fraction of sp³-hybridized carbons (Fsp3) is 1.00. The van der Waals surface area contributed by atoms with Crippen LogP contribution in [0.1, 0.15) is 25.7 Å². The molecule has 6 heteroatoms. The largest absolute Gasteiger partial charge is 0.376 e. The van der Waals surface area contributed by atoms with Gasteiger partial charge in [-0.15, -0.1) is 0 Å². The zero-order valence-corrected chi connectivity index (χ0v) is 14.6. The van der Waals surface area contributed by atoms with Gasteiger partial charge in [-0.3, -0.25) is 4.90 Å². The van der Waals surface area contributed by atoms with Gasteiger partial charge in [0.25, 0.3) is 0 Å². The Morgan fingerprint density at radius 3 is 2.74 bits per heavy atom. The number of nitrogens with zero attached hydrogens (tertiary/aromatic N) is 1. The van der Waals surface area contributed by atoms with Crippen molar-refractivity contribution in [1.29, 1.82) is 0 Å². The second kappa shape index (κ2) is 5.58. The summed E-state index contributed by atoms with van der Waals surface area (Å²) in [6, 6.07) is 0. The maximum absolute atomic E-state index is 6.17. The first-order valence-corrected chi connectivity index (χ1v) is 10.2. The molecule has 23 heavy (non-hydrogen) atoms. The van der Waals surface area contributed by atoms with E-state index in [-0.39, 0.29) is 11.4 Å². The molecule has 130 valence electrons. The molecule has 0 aromatic heterocycles. The topological polar surface area (TPSA) is 40.2 Å². The van der Waals surface area contributed by atoms with Crippen LogP contribution >= 0.6 is 11.8 Å². The van der Waals surface area contributed by atoms with Gasteiger partial charge in [-0.05, 0) is 18.6 Å². The number of ether oxygens (including phenoxy) is 4. The van der Waals surface area contributed by atoms with Crippen LogP contribution in [0.4, 0.5) is 0 Å². The smallest absolute Gasteiger partial charge is 0.169 e. The number of hydrogen-bond donors (Lipinski definition) is 0. The maximum atomic E-state index is 6.17. The number of rotatable bonds is 2. The highest BCUT2D eigenvalue weighted by Gasteiger charge is 2.61. The Kier molecular flexibility index (Phi) is 3.74. The van der Waals surface area contributed by atoms with E-state index in [0.29, 0.717) is 11.5 Å². The second-order valence-corrected chi connectivity index (χ2v) is 9.27. The summed E-state index contributed by atoms with van der Waals surface area (Å²) < 4.78 is 23.9. The molecule has 0 amide bonds. The third kappa shape index (κ3) is 2.75.